The SMILES string of the molecule is CNC(C)CC(C)N1CCN(C)C(C)C1. The number of hydrogen-bond donors (Lipinski definition) is 1. The average molecular weight is 213 g/mol. The Morgan fingerprint density at radius 1 is 1.33 bits per heavy atom. The molecule has 0 aromatic rings. The van der Waals surface area contributed by atoms with Crippen LogP contribution in [0.4, 0.5) is 0 Å². The van der Waals surface area contributed by atoms with Crippen LogP contribution in [0.15, 0.2) is 0 Å². The van der Waals surface area contributed by atoms with Gasteiger partial charge in [0.1, 0.15) is 0 Å². The molecule has 1 heterocycles. The molecule has 1 saturated heterocycles. The summed E-state index contributed by atoms with van der Waals surface area (Å²) in [6.45, 7) is 10.6. The molecule has 0 saturated carbocycles. The molecular formula is C12H27N3. The minimum absolute atomic E-state index is 0.620. The Morgan fingerprint density at radius 3 is 2.53 bits per heavy atom. The lowest BCUT2D eigenvalue weighted by atomic mass is 10.1. The number of nitrogens with zero attached hydrogens (tertiary/aromatic N) is 2. The summed E-state index contributed by atoms with van der Waals surface area (Å²) in [5, 5.41) is 3.32. The molecule has 0 aromatic carbocycles. The number of nitrogens with one attached hydrogen (secondary N) is 1. The van der Waals surface area contributed by atoms with Gasteiger partial charge in [0.2, 0.25) is 0 Å². The molecule has 1 N–H and O–H groups in total. The Balaban J connectivity index is 2.37. The zero-order chi connectivity index (χ0) is 11.4. The number of likely N-dealkylation sites (N-methyl/N-ethyl adjacent to an activating group) is 1. The first-order valence-corrected chi connectivity index (χ1v) is 6.16. The van der Waals surface area contributed by atoms with Crippen molar-refractivity contribution in [3.05, 3.63) is 0 Å². The standard InChI is InChI=1S/C12H27N3/c1-10(13-4)8-11(2)15-7-6-14(5)12(3)9-15/h10-13H,6-9H2,1-5H3. The van der Waals surface area contributed by atoms with Crippen LogP contribution >= 0.6 is 0 Å². The van der Waals surface area contributed by atoms with Crippen LogP contribution in [-0.4, -0.2) is 61.7 Å². The van der Waals surface area contributed by atoms with Gasteiger partial charge < -0.3 is 10.2 Å². The van der Waals surface area contributed by atoms with E-state index in [1.807, 2.05) is 7.05 Å². The van der Waals surface area contributed by atoms with Crippen LogP contribution in [0.25, 0.3) is 0 Å². The molecule has 1 fully saturated rings. The fourth-order valence-corrected chi connectivity index (χ4v) is 2.26. The van der Waals surface area contributed by atoms with Crippen LogP contribution in [0, 0.1) is 0 Å². The third-order valence-electron chi connectivity index (χ3n) is 3.80. The van der Waals surface area contributed by atoms with E-state index < -0.39 is 0 Å². The molecule has 1 aliphatic heterocycles. The summed E-state index contributed by atoms with van der Waals surface area (Å²) in [4.78, 5) is 5.07. The Morgan fingerprint density at radius 2 is 2.00 bits per heavy atom. The third-order valence-corrected chi connectivity index (χ3v) is 3.80. The lowest BCUT2D eigenvalue weighted by Gasteiger charge is -2.41. The highest BCUT2D eigenvalue weighted by molar-refractivity contribution is 4.81. The van der Waals surface area contributed by atoms with Gasteiger partial charge in [0.15, 0.2) is 0 Å². The lowest BCUT2D eigenvalue weighted by molar-refractivity contribution is 0.0719. The van der Waals surface area contributed by atoms with Crippen molar-refractivity contribution in [2.45, 2.75) is 45.3 Å². The largest absolute Gasteiger partial charge is 0.317 e. The summed E-state index contributed by atoms with van der Waals surface area (Å²) in [6, 6.07) is 2.02. The van der Waals surface area contributed by atoms with Crippen molar-refractivity contribution in [3.8, 4) is 0 Å². The average Bonchev–Trinajstić information content (AvgIpc) is 2.21. The number of rotatable bonds is 4. The Kier molecular flexibility index (Phi) is 5.03. The van der Waals surface area contributed by atoms with Gasteiger partial charge in [0.05, 0.1) is 0 Å². The second-order valence-electron chi connectivity index (χ2n) is 5.10. The molecule has 0 aliphatic carbocycles. The molecule has 0 spiro atoms. The van der Waals surface area contributed by atoms with Crippen LogP contribution in [0.2, 0.25) is 0 Å². The third kappa shape index (κ3) is 3.74. The highest BCUT2D eigenvalue weighted by Crippen LogP contribution is 2.13. The van der Waals surface area contributed by atoms with Crippen molar-refractivity contribution in [2.75, 3.05) is 33.7 Å². The maximum Gasteiger partial charge on any atom is 0.0192 e. The van der Waals surface area contributed by atoms with Crippen molar-refractivity contribution in [3.63, 3.8) is 0 Å². The normalized spacial score (nSPS) is 29.0. The second kappa shape index (κ2) is 5.83. The highest BCUT2D eigenvalue weighted by Gasteiger charge is 2.24. The molecular weight excluding hydrogens is 186 g/mol. The molecule has 0 radical (unpaired) electrons. The quantitative estimate of drug-likeness (QED) is 0.752. The van der Waals surface area contributed by atoms with Crippen molar-refractivity contribution in [1.29, 1.82) is 0 Å². The maximum absolute atomic E-state index is 3.32. The van der Waals surface area contributed by atoms with Gasteiger partial charge in [-0.15, -0.1) is 0 Å². The van der Waals surface area contributed by atoms with E-state index in [0.717, 1.165) is 0 Å². The summed E-state index contributed by atoms with van der Waals surface area (Å²) in [5.41, 5.74) is 0. The van der Waals surface area contributed by atoms with Gasteiger partial charge in [-0.25, -0.2) is 0 Å². The molecule has 3 unspecified atom stereocenters. The van der Waals surface area contributed by atoms with Crippen molar-refractivity contribution >= 4 is 0 Å². The minimum Gasteiger partial charge on any atom is -0.317 e. The molecule has 3 atom stereocenters. The molecule has 0 aromatic heterocycles. The van der Waals surface area contributed by atoms with Crippen LogP contribution in [0.1, 0.15) is 27.2 Å². The fraction of sp³-hybridized carbons (Fsp3) is 1.00. The van der Waals surface area contributed by atoms with E-state index in [1.165, 1.54) is 26.1 Å². The van der Waals surface area contributed by atoms with E-state index in [0.29, 0.717) is 18.1 Å². The van der Waals surface area contributed by atoms with Crippen LogP contribution in [0.3, 0.4) is 0 Å². The Hall–Kier alpha value is -0.120. The topological polar surface area (TPSA) is 18.5 Å². The van der Waals surface area contributed by atoms with Gasteiger partial charge >= 0.3 is 0 Å². The predicted octanol–water partition coefficient (Wildman–Crippen LogP) is 1.01. The van der Waals surface area contributed by atoms with E-state index in [-0.39, 0.29) is 0 Å². The lowest BCUT2D eigenvalue weighted by Crippen LogP contribution is -2.53. The van der Waals surface area contributed by atoms with Gasteiger partial charge in [-0.3, -0.25) is 4.90 Å². The Bertz CT molecular complexity index is 184. The maximum atomic E-state index is 3.32. The molecule has 0 amide bonds. The van der Waals surface area contributed by atoms with E-state index in [2.05, 4.69) is 42.9 Å². The summed E-state index contributed by atoms with van der Waals surface area (Å²) in [5.74, 6) is 0. The van der Waals surface area contributed by atoms with Crippen LogP contribution in [-0.2, 0) is 0 Å². The smallest absolute Gasteiger partial charge is 0.0192 e. The summed E-state index contributed by atoms with van der Waals surface area (Å²) >= 11 is 0. The highest BCUT2D eigenvalue weighted by atomic mass is 15.3. The van der Waals surface area contributed by atoms with Crippen LogP contribution < -0.4 is 5.32 Å². The monoisotopic (exact) mass is 213 g/mol. The van der Waals surface area contributed by atoms with Gasteiger partial charge in [-0.2, -0.15) is 0 Å². The van der Waals surface area contributed by atoms with E-state index >= 15 is 0 Å². The van der Waals surface area contributed by atoms with Gasteiger partial charge in [0.25, 0.3) is 0 Å². The van der Waals surface area contributed by atoms with Gasteiger partial charge in [0, 0.05) is 37.8 Å². The number of piperazine rings is 1. The van der Waals surface area contributed by atoms with Crippen molar-refractivity contribution in [1.82, 2.24) is 15.1 Å². The molecule has 15 heavy (non-hydrogen) atoms. The molecule has 1 aliphatic rings. The summed E-state index contributed by atoms with van der Waals surface area (Å²) < 4.78 is 0. The summed E-state index contributed by atoms with van der Waals surface area (Å²) in [6.07, 6.45) is 1.24. The zero-order valence-corrected chi connectivity index (χ0v) is 11.0. The molecule has 3 nitrogen and oxygen atoms in total. The molecule has 0 bridgehead atoms. The second-order valence-corrected chi connectivity index (χ2v) is 5.10. The summed E-state index contributed by atoms with van der Waals surface area (Å²) in [7, 11) is 4.27. The van der Waals surface area contributed by atoms with Crippen molar-refractivity contribution in [2.24, 2.45) is 0 Å². The van der Waals surface area contributed by atoms with E-state index in [4.69, 9.17) is 0 Å². The molecule has 3 heteroatoms. The van der Waals surface area contributed by atoms with E-state index in [1.54, 1.807) is 0 Å². The first-order chi connectivity index (χ1) is 7.04. The fourth-order valence-electron chi connectivity index (χ4n) is 2.26. The predicted molar refractivity (Wildman–Crippen MR) is 66.3 cm³/mol. The first kappa shape index (κ1) is 12.9. The number of hydrogen-bond acceptors (Lipinski definition) is 3. The Labute approximate surface area is 94.8 Å². The zero-order valence-electron chi connectivity index (χ0n) is 11.0. The van der Waals surface area contributed by atoms with Gasteiger partial charge in [-0.1, -0.05) is 0 Å². The molecule has 1 rings (SSSR count). The first-order valence-electron chi connectivity index (χ1n) is 6.16. The van der Waals surface area contributed by atoms with Crippen molar-refractivity contribution < 1.29 is 0 Å². The minimum atomic E-state index is 0.620. The van der Waals surface area contributed by atoms with Gasteiger partial charge in [-0.05, 0) is 41.3 Å². The van der Waals surface area contributed by atoms with Crippen LogP contribution in [0.5, 0.6) is 0 Å². The molecule has 90 valence electrons. The van der Waals surface area contributed by atoms with E-state index in [9.17, 15) is 0 Å².